The lowest BCUT2D eigenvalue weighted by Gasteiger charge is -2.24. The lowest BCUT2D eigenvalue weighted by atomic mass is 10.1. The first-order chi connectivity index (χ1) is 13.7. The topological polar surface area (TPSA) is 73.2 Å². The third kappa shape index (κ3) is 7.58. The van der Waals surface area contributed by atoms with Crippen molar-refractivity contribution in [3.63, 3.8) is 0 Å². The van der Waals surface area contributed by atoms with Crippen molar-refractivity contribution >= 4 is 27.7 Å². The molecule has 2 aromatic carbocycles. The van der Waals surface area contributed by atoms with Crippen LogP contribution in [-0.4, -0.2) is 36.0 Å². The van der Waals surface area contributed by atoms with Crippen LogP contribution in [0.25, 0.3) is 0 Å². The zero-order valence-corrected chi connectivity index (χ0v) is 16.8. The van der Waals surface area contributed by atoms with Crippen molar-refractivity contribution in [2.75, 3.05) is 13.1 Å². The number of halogens is 4. The van der Waals surface area contributed by atoms with Gasteiger partial charge in [-0.1, -0.05) is 28.1 Å². The molecule has 0 unspecified atom stereocenters. The van der Waals surface area contributed by atoms with Crippen LogP contribution in [-0.2, 0) is 11.3 Å². The van der Waals surface area contributed by atoms with E-state index in [4.69, 9.17) is 5.26 Å². The fraction of sp³-hybridized carbons (Fsp3) is 0.250. The van der Waals surface area contributed by atoms with Crippen molar-refractivity contribution in [1.29, 1.82) is 5.26 Å². The molecule has 2 rings (SSSR count). The van der Waals surface area contributed by atoms with Gasteiger partial charge >= 0.3 is 6.18 Å². The Hall–Kier alpha value is -2.86. The van der Waals surface area contributed by atoms with Crippen LogP contribution in [0.5, 0.6) is 0 Å². The molecule has 1 N–H and O–H groups in total. The first-order valence-electron chi connectivity index (χ1n) is 8.55. The minimum Gasteiger partial charge on any atom is -0.352 e. The zero-order valence-electron chi connectivity index (χ0n) is 15.2. The summed E-state index contributed by atoms with van der Waals surface area (Å²) in [5.41, 5.74) is 1.23. The second-order valence-electron chi connectivity index (χ2n) is 6.19. The molecule has 0 bridgehead atoms. The molecule has 29 heavy (non-hydrogen) atoms. The number of nitriles is 1. The Bertz CT molecular complexity index is 891. The highest BCUT2D eigenvalue weighted by molar-refractivity contribution is 9.10. The number of nitrogens with zero attached hydrogens (tertiary/aromatic N) is 2. The smallest absolute Gasteiger partial charge is 0.352 e. The molecule has 0 saturated carbocycles. The number of alkyl halides is 3. The van der Waals surface area contributed by atoms with Gasteiger partial charge in [-0.15, -0.1) is 0 Å². The molecule has 0 aromatic heterocycles. The molecule has 0 atom stereocenters. The van der Waals surface area contributed by atoms with Crippen LogP contribution in [0.1, 0.15) is 27.9 Å². The second kappa shape index (κ2) is 10.1. The van der Waals surface area contributed by atoms with Gasteiger partial charge in [-0.05, 0) is 42.0 Å². The average Bonchev–Trinajstić information content (AvgIpc) is 2.67. The number of rotatable bonds is 7. The molecule has 5 nitrogen and oxygen atoms in total. The maximum atomic E-state index is 12.9. The molecular formula is C20H17BrF3N3O2. The normalized spacial score (nSPS) is 10.9. The highest BCUT2D eigenvalue weighted by atomic mass is 79.9. The van der Waals surface area contributed by atoms with E-state index in [-0.39, 0.29) is 19.5 Å². The van der Waals surface area contributed by atoms with Gasteiger partial charge in [-0.2, -0.15) is 18.4 Å². The lowest BCUT2D eigenvalue weighted by Crippen LogP contribution is -2.40. The van der Waals surface area contributed by atoms with Gasteiger partial charge in [0.1, 0.15) is 6.54 Å². The molecule has 2 aromatic rings. The number of carbonyl (C=O) groups is 2. The van der Waals surface area contributed by atoms with E-state index in [1.54, 1.807) is 24.3 Å². The van der Waals surface area contributed by atoms with Gasteiger partial charge in [0.2, 0.25) is 5.91 Å². The third-order valence-electron chi connectivity index (χ3n) is 3.91. The summed E-state index contributed by atoms with van der Waals surface area (Å²) >= 11 is 3.25. The first-order valence-corrected chi connectivity index (χ1v) is 9.34. The molecule has 2 amide bonds. The van der Waals surface area contributed by atoms with Gasteiger partial charge in [-0.25, -0.2) is 0 Å². The number of carbonyl (C=O) groups excluding carboxylic acids is 2. The van der Waals surface area contributed by atoms with Crippen LogP contribution in [0.15, 0.2) is 53.0 Å². The van der Waals surface area contributed by atoms with Crippen molar-refractivity contribution in [2.45, 2.75) is 19.1 Å². The molecule has 0 spiro atoms. The quantitative estimate of drug-likeness (QED) is 0.667. The van der Waals surface area contributed by atoms with E-state index < -0.39 is 24.5 Å². The molecule has 9 heteroatoms. The Morgan fingerprint density at radius 1 is 1.07 bits per heavy atom. The van der Waals surface area contributed by atoms with E-state index in [0.717, 1.165) is 4.47 Å². The maximum Gasteiger partial charge on any atom is 0.406 e. The largest absolute Gasteiger partial charge is 0.406 e. The Morgan fingerprint density at radius 2 is 1.69 bits per heavy atom. The zero-order chi connectivity index (χ0) is 21.4. The molecular weight excluding hydrogens is 451 g/mol. The molecule has 152 valence electrons. The summed E-state index contributed by atoms with van der Waals surface area (Å²) in [6, 6.07) is 14.4. The fourth-order valence-electron chi connectivity index (χ4n) is 2.50. The number of nitrogens with one attached hydrogen (secondary N) is 1. The summed E-state index contributed by atoms with van der Waals surface area (Å²) in [7, 11) is 0. The van der Waals surface area contributed by atoms with Gasteiger partial charge in [0.05, 0.1) is 11.6 Å². The van der Waals surface area contributed by atoms with Crippen molar-refractivity contribution in [3.05, 3.63) is 69.7 Å². The van der Waals surface area contributed by atoms with Crippen LogP contribution in [0.2, 0.25) is 0 Å². The van der Waals surface area contributed by atoms with Gasteiger partial charge in [-0.3, -0.25) is 9.59 Å². The number of benzene rings is 2. The van der Waals surface area contributed by atoms with Gasteiger partial charge < -0.3 is 10.2 Å². The summed E-state index contributed by atoms with van der Waals surface area (Å²) in [6.07, 6.45) is -4.82. The van der Waals surface area contributed by atoms with Crippen LogP contribution in [0, 0.1) is 11.3 Å². The van der Waals surface area contributed by atoms with E-state index in [2.05, 4.69) is 21.2 Å². The predicted octanol–water partition coefficient (Wildman–Crippen LogP) is 4.03. The predicted molar refractivity (Wildman–Crippen MR) is 104 cm³/mol. The van der Waals surface area contributed by atoms with Gasteiger partial charge in [0.25, 0.3) is 5.91 Å². The summed E-state index contributed by atoms with van der Waals surface area (Å²) in [6.45, 7) is -1.73. The number of hydrogen-bond acceptors (Lipinski definition) is 3. The molecule has 0 saturated heterocycles. The lowest BCUT2D eigenvalue weighted by molar-refractivity contribution is -0.162. The molecule has 0 aliphatic heterocycles. The summed E-state index contributed by atoms with van der Waals surface area (Å²) in [5.74, 6) is -1.15. The molecule has 0 heterocycles. The van der Waals surface area contributed by atoms with Crippen LogP contribution in [0.4, 0.5) is 13.2 Å². The van der Waals surface area contributed by atoms with Crippen molar-refractivity contribution in [2.24, 2.45) is 0 Å². The van der Waals surface area contributed by atoms with E-state index in [1.807, 2.05) is 6.07 Å². The van der Waals surface area contributed by atoms with E-state index >= 15 is 0 Å². The Morgan fingerprint density at radius 3 is 2.24 bits per heavy atom. The Kier molecular flexibility index (Phi) is 7.79. The SMILES string of the molecule is N#Cc1ccc(CN(CC(F)(F)F)C(=O)CCNC(=O)c2ccc(Br)cc2)cc1. The summed E-state index contributed by atoms with van der Waals surface area (Å²) < 4.78 is 39.4. The molecule has 0 aliphatic rings. The minimum absolute atomic E-state index is 0.0878. The van der Waals surface area contributed by atoms with Crippen molar-refractivity contribution in [1.82, 2.24) is 10.2 Å². The monoisotopic (exact) mass is 467 g/mol. The van der Waals surface area contributed by atoms with E-state index in [0.29, 0.717) is 21.6 Å². The van der Waals surface area contributed by atoms with Crippen LogP contribution >= 0.6 is 15.9 Å². The summed E-state index contributed by atoms with van der Waals surface area (Å²) in [4.78, 5) is 25.0. The summed E-state index contributed by atoms with van der Waals surface area (Å²) in [5, 5.41) is 11.3. The van der Waals surface area contributed by atoms with Gasteiger partial charge in [0.15, 0.2) is 0 Å². The average molecular weight is 468 g/mol. The van der Waals surface area contributed by atoms with Crippen LogP contribution < -0.4 is 5.32 Å². The highest BCUT2D eigenvalue weighted by Crippen LogP contribution is 2.19. The maximum absolute atomic E-state index is 12.9. The standard InChI is InChI=1S/C20H17BrF3N3O2/c21-17-7-5-16(6-8-17)19(29)26-10-9-18(28)27(13-20(22,23)24)12-15-3-1-14(11-25)2-4-15/h1-8H,9-10,12-13H2,(H,26,29). The third-order valence-corrected chi connectivity index (χ3v) is 4.44. The number of hydrogen-bond donors (Lipinski definition) is 1. The molecule has 0 aliphatic carbocycles. The second-order valence-corrected chi connectivity index (χ2v) is 7.10. The van der Waals surface area contributed by atoms with Crippen molar-refractivity contribution in [3.8, 4) is 6.07 Å². The van der Waals surface area contributed by atoms with Crippen LogP contribution in [0.3, 0.4) is 0 Å². The Balaban J connectivity index is 1.96. The minimum atomic E-state index is -4.55. The van der Waals surface area contributed by atoms with E-state index in [1.165, 1.54) is 24.3 Å². The van der Waals surface area contributed by atoms with Gasteiger partial charge in [0, 0.05) is 29.5 Å². The first kappa shape index (κ1) is 22.4. The van der Waals surface area contributed by atoms with E-state index in [9.17, 15) is 22.8 Å². The fourth-order valence-corrected chi connectivity index (χ4v) is 2.76. The van der Waals surface area contributed by atoms with Crippen molar-refractivity contribution < 1.29 is 22.8 Å². The highest BCUT2D eigenvalue weighted by Gasteiger charge is 2.32. The molecule has 0 radical (unpaired) electrons. The molecule has 0 fully saturated rings. The number of amides is 2. The Labute approximate surface area is 174 Å².